The van der Waals surface area contributed by atoms with E-state index in [1.54, 1.807) is 6.07 Å². The molecule has 0 saturated carbocycles. The standard InChI is InChI=1S/C23H19BrClN3O2/c1-3-5-22-27-20-10-8-15(24)12-18(20)23(29)28(22)26-13-16-9-11-21(30-16)17-6-4-7-19(25)14(17)2/h4,6-13H,3,5H2,1-2H3. The number of fused-ring (bicyclic) bond motifs is 1. The Balaban J connectivity index is 1.74. The van der Waals surface area contributed by atoms with E-state index in [4.69, 9.17) is 16.0 Å². The number of halogens is 2. The van der Waals surface area contributed by atoms with Crippen molar-refractivity contribution in [2.24, 2.45) is 5.10 Å². The summed E-state index contributed by atoms with van der Waals surface area (Å²) in [4.78, 5) is 17.7. The lowest BCUT2D eigenvalue weighted by atomic mass is 10.1. The van der Waals surface area contributed by atoms with Gasteiger partial charge in [-0.3, -0.25) is 4.79 Å². The highest BCUT2D eigenvalue weighted by atomic mass is 79.9. The average Bonchev–Trinajstić information content (AvgIpc) is 3.19. The quantitative estimate of drug-likeness (QED) is 0.316. The molecule has 2 aromatic carbocycles. The topological polar surface area (TPSA) is 60.4 Å². The first-order valence-electron chi connectivity index (χ1n) is 9.59. The fourth-order valence-electron chi connectivity index (χ4n) is 3.26. The van der Waals surface area contributed by atoms with E-state index in [1.807, 2.05) is 56.3 Å². The van der Waals surface area contributed by atoms with E-state index >= 15 is 0 Å². The molecular formula is C23H19BrClN3O2. The zero-order chi connectivity index (χ0) is 21.3. The molecule has 0 amide bonds. The van der Waals surface area contributed by atoms with Gasteiger partial charge in [-0.1, -0.05) is 46.6 Å². The molecular weight excluding hydrogens is 466 g/mol. The number of aromatic nitrogens is 2. The Hall–Kier alpha value is -2.70. The van der Waals surface area contributed by atoms with E-state index in [9.17, 15) is 4.79 Å². The van der Waals surface area contributed by atoms with E-state index in [2.05, 4.69) is 26.0 Å². The monoisotopic (exact) mass is 483 g/mol. The van der Waals surface area contributed by atoms with E-state index in [-0.39, 0.29) is 5.56 Å². The third kappa shape index (κ3) is 3.98. The highest BCUT2D eigenvalue weighted by Gasteiger charge is 2.12. The van der Waals surface area contributed by atoms with E-state index in [0.29, 0.717) is 39.7 Å². The van der Waals surface area contributed by atoms with Crippen molar-refractivity contribution in [1.29, 1.82) is 0 Å². The van der Waals surface area contributed by atoms with Gasteiger partial charge in [0.2, 0.25) is 0 Å². The summed E-state index contributed by atoms with van der Waals surface area (Å²) in [6.07, 6.45) is 3.03. The van der Waals surface area contributed by atoms with Gasteiger partial charge in [0.1, 0.15) is 17.3 Å². The molecule has 30 heavy (non-hydrogen) atoms. The van der Waals surface area contributed by atoms with Gasteiger partial charge >= 0.3 is 0 Å². The smallest absolute Gasteiger partial charge is 0.282 e. The van der Waals surface area contributed by atoms with Crippen molar-refractivity contribution >= 4 is 44.6 Å². The van der Waals surface area contributed by atoms with Crippen LogP contribution in [0.1, 0.15) is 30.5 Å². The van der Waals surface area contributed by atoms with Crippen molar-refractivity contribution in [3.63, 3.8) is 0 Å². The Labute approximate surface area is 187 Å². The zero-order valence-electron chi connectivity index (χ0n) is 16.5. The van der Waals surface area contributed by atoms with Gasteiger partial charge in [0.05, 0.1) is 17.1 Å². The van der Waals surface area contributed by atoms with Crippen molar-refractivity contribution in [2.75, 3.05) is 0 Å². The van der Waals surface area contributed by atoms with Crippen molar-refractivity contribution in [3.05, 3.63) is 85.5 Å². The molecule has 0 fully saturated rings. The molecule has 0 saturated heterocycles. The van der Waals surface area contributed by atoms with Crippen LogP contribution < -0.4 is 5.56 Å². The molecule has 152 valence electrons. The highest BCUT2D eigenvalue weighted by Crippen LogP contribution is 2.29. The lowest BCUT2D eigenvalue weighted by Gasteiger charge is -2.08. The number of hydrogen-bond acceptors (Lipinski definition) is 4. The molecule has 2 heterocycles. The number of benzene rings is 2. The maximum atomic E-state index is 13.0. The van der Waals surface area contributed by atoms with Gasteiger partial charge in [-0.15, -0.1) is 0 Å². The number of hydrogen-bond donors (Lipinski definition) is 0. The SMILES string of the molecule is CCCc1nc2ccc(Br)cc2c(=O)n1N=Cc1ccc(-c2cccc(Cl)c2C)o1. The van der Waals surface area contributed by atoms with E-state index in [1.165, 1.54) is 10.9 Å². The number of aryl methyl sites for hydroxylation is 1. The third-order valence-corrected chi connectivity index (χ3v) is 5.71. The second-order valence-corrected chi connectivity index (χ2v) is 8.24. The Morgan fingerprint density at radius 2 is 2.07 bits per heavy atom. The van der Waals surface area contributed by atoms with Crippen LogP contribution in [0.3, 0.4) is 0 Å². The Morgan fingerprint density at radius 3 is 2.87 bits per heavy atom. The zero-order valence-corrected chi connectivity index (χ0v) is 18.9. The minimum Gasteiger partial charge on any atom is -0.455 e. The van der Waals surface area contributed by atoms with Crippen LogP contribution in [-0.4, -0.2) is 15.9 Å². The van der Waals surface area contributed by atoms with Gasteiger partial charge in [-0.2, -0.15) is 9.78 Å². The van der Waals surface area contributed by atoms with Gasteiger partial charge in [0, 0.05) is 21.5 Å². The van der Waals surface area contributed by atoms with Crippen LogP contribution in [0.2, 0.25) is 5.02 Å². The summed E-state index contributed by atoms with van der Waals surface area (Å²) in [5, 5.41) is 5.60. The maximum Gasteiger partial charge on any atom is 0.282 e. The van der Waals surface area contributed by atoms with Crippen LogP contribution in [-0.2, 0) is 6.42 Å². The summed E-state index contributed by atoms with van der Waals surface area (Å²) >= 11 is 9.63. The van der Waals surface area contributed by atoms with Crippen LogP contribution in [0.25, 0.3) is 22.2 Å². The minimum atomic E-state index is -0.210. The Morgan fingerprint density at radius 1 is 1.23 bits per heavy atom. The van der Waals surface area contributed by atoms with Crippen LogP contribution >= 0.6 is 27.5 Å². The molecule has 0 aliphatic rings. The summed E-state index contributed by atoms with van der Waals surface area (Å²) < 4.78 is 8.09. The lowest BCUT2D eigenvalue weighted by molar-refractivity contribution is 0.573. The second-order valence-electron chi connectivity index (χ2n) is 6.92. The first-order valence-corrected chi connectivity index (χ1v) is 10.8. The lowest BCUT2D eigenvalue weighted by Crippen LogP contribution is -2.22. The molecule has 0 N–H and O–H groups in total. The number of furan rings is 1. The maximum absolute atomic E-state index is 13.0. The molecule has 0 aliphatic carbocycles. The normalized spacial score (nSPS) is 11.6. The molecule has 7 heteroatoms. The predicted octanol–water partition coefficient (Wildman–Crippen LogP) is 6.22. The van der Waals surface area contributed by atoms with Crippen LogP contribution in [0.4, 0.5) is 0 Å². The summed E-state index contributed by atoms with van der Waals surface area (Å²) in [5.74, 6) is 1.84. The highest BCUT2D eigenvalue weighted by molar-refractivity contribution is 9.10. The molecule has 0 aliphatic heterocycles. The largest absolute Gasteiger partial charge is 0.455 e. The Kier molecular flexibility index (Phi) is 5.88. The van der Waals surface area contributed by atoms with Crippen molar-refractivity contribution in [3.8, 4) is 11.3 Å². The molecule has 0 atom stereocenters. The minimum absolute atomic E-state index is 0.210. The number of rotatable bonds is 5. The molecule has 4 aromatic rings. The molecule has 0 spiro atoms. The average molecular weight is 485 g/mol. The molecule has 0 unspecified atom stereocenters. The fraction of sp³-hybridized carbons (Fsp3) is 0.174. The molecule has 0 radical (unpaired) electrons. The van der Waals surface area contributed by atoms with Crippen LogP contribution in [0, 0.1) is 6.92 Å². The number of nitrogens with zero attached hydrogens (tertiary/aromatic N) is 3. The molecule has 5 nitrogen and oxygen atoms in total. The van der Waals surface area contributed by atoms with Crippen molar-refractivity contribution in [2.45, 2.75) is 26.7 Å². The van der Waals surface area contributed by atoms with Gasteiger partial charge < -0.3 is 4.42 Å². The van der Waals surface area contributed by atoms with Crippen molar-refractivity contribution in [1.82, 2.24) is 9.66 Å². The van der Waals surface area contributed by atoms with E-state index in [0.717, 1.165) is 22.0 Å². The summed E-state index contributed by atoms with van der Waals surface area (Å²) in [6.45, 7) is 3.99. The molecule has 0 bridgehead atoms. The summed E-state index contributed by atoms with van der Waals surface area (Å²) in [6, 6.07) is 14.8. The third-order valence-electron chi connectivity index (χ3n) is 4.81. The van der Waals surface area contributed by atoms with Gasteiger partial charge in [-0.05, 0) is 55.3 Å². The molecule has 4 rings (SSSR count). The second kappa shape index (κ2) is 8.58. The summed E-state index contributed by atoms with van der Waals surface area (Å²) in [5.41, 5.74) is 2.32. The summed E-state index contributed by atoms with van der Waals surface area (Å²) in [7, 11) is 0. The van der Waals surface area contributed by atoms with Gasteiger partial charge in [-0.25, -0.2) is 4.98 Å². The fourth-order valence-corrected chi connectivity index (χ4v) is 3.79. The van der Waals surface area contributed by atoms with Crippen LogP contribution in [0.5, 0.6) is 0 Å². The Bertz CT molecular complexity index is 1320. The predicted molar refractivity (Wildman–Crippen MR) is 125 cm³/mol. The van der Waals surface area contributed by atoms with Gasteiger partial charge in [0.15, 0.2) is 0 Å². The van der Waals surface area contributed by atoms with Crippen LogP contribution in [0.15, 0.2) is 67.3 Å². The first kappa shape index (κ1) is 20.6. The van der Waals surface area contributed by atoms with Gasteiger partial charge in [0.25, 0.3) is 5.56 Å². The van der Waals surface area contributed by atoms with E-state index < -0.39 is 0 Å². The molecule has 2 aromatic heterocycles. The van der Waals surface area contributed by atoms with Crippen molar-refractivity contribution < 1.29 is 4.42 Å². The first-order chi connectivity index (χ1) is 14.5.